The zero-order chi connectivity index (χ0) is 13.2. The van der Waals surface area contributed by atoms with E-state index in [0.717, 1.165) is 6.07 Å². The highest BCUT2D eigenvalue weighted by atomic mass is 16.4. The molecule has 92 valence electrons. The molecule has 0 aliphatic heterocycles. The number of nitrogens with zero attached hydrogens (tertiary/aromatic N) is 1. The number of ketones is 1. The number of rotatable bonds is 4. The topological polar surface area (TPSA) is 76.4 Å². The van der Waals surface area contributed by atoms with E-state index < -0.39 is 11.5 Å². The van der Waals surface area contributed by atoms with E-state index in [9.17, 15) is 14.4 Å². The van der Waals surface area contributed by atoms with Crippen LogP contribution in [0.15, 0.2) is 10.9 Å². The minimum Gasteiger partial charge on any atom is -0.477 e. The lowest BCUT2D eigenvalue weighted by Gasteiger charge is -2.13. The molecule has 1 rings (SSSR count). The van der Waals surface area contributed by atoms with E-state index in [1.165, 1.54) is 11.5 Å². The second kappa shape index (κ2) is 4.95. The van der Waals surface area contributed by atoms with E-state index in [0.29, 0.717) is 18.7 Å². The van der Waals surface area contributed by atoms with Gasteiger partial charge in [0.25, 0.3) is 5.56 Å². The Bertz CT molecular complexity index is 528. The van der Waals surface area contributed by atoms with Crippen LogP contribution >= 0.6 is 0 Å². The zero-order valence-corrected chi connectivity index (χ0v) is 10.1. The number of pyridine rings is 1. The fraction of sp³-hybridized carbons (Fsp3) is 0.417. The van der Waals surface area contributed by atoms with Gasteiger partial charge in [0.1, 0.15) is 5.56 Å². The maximum absolute atomic E-state index is 11.9. The van der Waals surface area contributed by atoms with Crippen LogP contribution < -0.4 is 5.56 Å². The number of Topliss-reactive ketones (excluding diaryl/α,β-unsaturated/α-hetero) is 1. The fourth-order valence-corrected chi connectivity index (χ4v) is 1.76. The number of aromatic carboxylic acids is 1. The van der Waals surface area contributed by atoms with Gasteiger partial charge in [-0.05, 0) is 26.3 Å². The maximum Gasteiger partial charge on any atom is 0.341 e. The number of carboxylic acid groups (broad SMARTS) is 1. The van der Waals surface area contributed by atoms with Crippen molar-refractivity contribution >= 4 is 11.8 Å². The molecule has 0 saturated heterocycles. The molecule has 0 radical (unpaired) electrons. The fourth-order valence-electron chi connectivity index (χ4n) is 1.76. The smallest absolute Gasteiger partial charge is 0.341 e. The van der Waals surface area contributed by atoms with Crippen LogP contribution in [0.25, 0.3) is 0 Å². The first-order valence-corrected chi connectivity index (χ1v) is 5.38. The summed E-state index contributed by atoms with van der Waals surface area (Å²) in [5.74, 6) is -1.54. The third-order valence-electron chi connectivity index (χ3n) is 2.62. The summed E-state index contributed by atoms with van der Waals surface area (Å²) in [6, 6.07) is 1.16. The van der Waals surface area contributed by atoms with Gasteiger partial charge in [-0.3, -0.25) is 9.59 Å². The molecule has 0 aromatic carbocycles. The molecular weight excluding hydrogens is 222 g/mol. The van der Waals surface area contributed by atoms with Crippen molar-refractivity contribution in [2.75, 3.05) is 0 Å². The average molecular weight is 237 g/mol. The highest BCUT2D eigenvalue weighted by Crippen LogP contribution is 2.10. The van der Waals surface area contributed by atoms with Gasteiger partial charge in [0.2, 0.25) is 0 Å². The number of carboxylic acids is 1. The Balaban J connectivity index is 3.63. The number of carbonyl (C=O) groups excluding carboxylic acids is 1. The van der Waals surface area contributed by atoms with Gasteiger partial charge in [0.15, 0.2) is 5.78 Å². The van der Waals surface area contributed by atoms with Crippen molar-refractivity contribution in [1.29, 1.82) is 0 Å². The van der Waals surface area contributed by atoms with Gasteiger partial charge in [0.05, 0.1) is 0 Å². The summed E-state index contributed by atoms with van der Waals surface area (Å²) in [6.07, 6.45) is 0.696. The minimum atomic E-state index is -1.30. The summed E-state index contributed by atoms with van der Waals surface area (Å²) in [6.45, 7) is 5.30. The van der Waals surface area contributed by atoms with Crippen LogP contribution in [0.4, 0.5) is 0 Å². The molecule has 0 unspecified atom stereocenters. The largest absolute Gasteiger partial charge is 0.477 e. The number of hydrogen-bond donors (Lipinski definition) is 1. The van der Waals surface area contributed by atoms with Crippen molar-refractivity contribution in [3.8, 4) is 0 Å². The lowest BCUT2D eigenvalue weighted by molar-refractivity contribution is 0.0694. The van der Waals surface area contributed by atoms with Gasteiger partial charge in [0, 0.05) is 17.8 Å². The summed E-state index contributed by atoms with van der Waals surface area (Å²) in [4.78, 5) is 34.2. The molecule has 1 aromatic heterocycles. The van der Waals surface area contributed by atoms with Gasteiger partial charge in [-0.2, -0.15) is 0 Å². The molecule has 1 heterocycles. The molecule has 1 N–H and O–H groups in total. The normalized spacial score (nSPS) is 10.3. The second-order valence-corrected chi connectivity index (χ2v) is 3.88. The molecule has 0 spiro atoms. The second-order valence-electron chi connectivity index (χ2n) is 3.88. The van der Waals surface area contributed by atoms with Crippen LogP contribution in [0.2, 0.25) is 0 Å². The van der Waals surface area contributed by atoms with E-state index in [1.807, 2.05) is 6.92 Å². The highest BCUT2D eigenvalue weighted by molar-refractivity contribution is 5.98. The third-order valence-corrected chi connectivity index (χ3v) is 2.62. The SMILES string of the molecule is CCCn1c(C)c(C(C)=O)cc(C(=O)O)c1=O. The summed E-state index contributed by atoms with van der Waals surface area (Å²) < 4.78 is 1.35. The van der Waals surface area contributed by atoms with Crippen molar-refractivity contribution in [2.24, 2.45) is 0 Å². The van der Waals surface area contributed by atoms with Crippen LogP contribution in [0, 0.1) is 6.92 Å². The molecule has 0 saturated carbocycles. The Morgan fingerprint density at radius 2 is 1.94 bits per heavy atom. The first-order chi connectivity index (χ1) is 7.90. The van der Waals surface area contributed by atoms with E-state index in [4.69, 9.17) is 5.11 Å². The van der Waals surface area contributed by atoms with Crippen LogP contribution in [-0.2, 0) is 6.54 Å². The Morgan fingerprint density at radius 1 is 1.35 bits per heavy atom. The standard InChI is InChI=1S/C12H15NO4/c1-4-5-13-7(2)9(8(3)14)6-10(11(13)15)12(16)17/h6H,4-5H2,1-3H3,(H,16,17). The first-order valence-electron chi connectivity index (χ1n) is 5.38. The van der Waals surface area contributed by atoms with E-state index in [1.54, 1.807) is 6.92 Å². The van der Waals surface area contributed by atoms with Crippen LogP contribution in [-0.4, -0.2) is 21.4 Å². The molecule has 17 heavy (non-hydrogen) atoms. The molecule has 0 fully saturated rings. The van der Waals surface area contributed by atoms with Crippen molar-refractivity contribution in [2.45, 2.75) is 33.7 Å². The number of hydrogen-bond acceptors (Lipinski definition) is 3. The molecule has 0 aliphatic carbocycles. The van der Waals surface area contributed by atoms with Gasteiger partial charge in [-0.1, -0.05) is 6.92 Å². The molecule has 0 atom stereocenters. The van der Waals surface area contributed by atoms with Crippen LogP contribution in [0.1, 0.15) is 46.7 Å². The predicted molar refractivity (Wildman–Crippen MR) is 62.7 cm³/mol. The molecular formula is C12H15NO4. The lowest BCUT2D eigenvalue weighted by Crippen LogP contribution is -2.29. The number of aromatic nitrogens is 1. The van der Waals surface area contributed by atoms with Gasteiger partial charge < -0.3 is 9.67 Å². The summed E-state index contributed by atoms with van der Waals surface area (Å²) in [5.41, 5.74) is -0.0964. The van der Waals surface area contributed by atoms with Crippen molar-refractivity contribution < 1.29 is 14.7 Å². The van der Waals surface area contributed by atoms with Crippen LogP contribution in [0.5, 0.6) is 0 Å². The maximum atomic E-state index is 11.9. The van der Waals surface area contributed by atoms with Gasteiger partial charge in [-0.15, -0.1) is 0 Å². The molecule has 0 aliphatic rings. The summed E-state index contributed by atoms with van der Waals surface area (Å²) in [7, 11) is 0. The molecule has 5 nitrogen and oxygen atoms in total. The minimum absolute atomic E-state index is 0.241. The highest BCUT2D eigenvalue weighted by Gasteiger charge is 2.17. The molecule has 0 amide bonds. The Morgan fingerprint density at radius 3 is 2.35 bits per heavy atom. The van der Waals surface area contributed by atoms with Crippen LogP contribution in [0.3, 0.4) is 0 Å². The van der Waals surface area contributed by atoms with E-state index >= 15 is 0 Å². The van der Waals surface area contributed by atoms with Crippen molar-refractivity contribution in [1.82, 2.24) is 4.57 Å². The van der Waals surface area contributed by atoms with E-state index in [-0.39, 0.29) is 16.9 Å². The van der Waals surface area contributed by atoms with Gasteiger partial charge in [-0.25, -0.2) is 4.79 Å². The quantitative estimate of drug-likeness (QED) is 0.804. The number of carbonyl (C=O) groups is 2. The predicted octanol–water partition coefficient (Wildman–Crippen LogP) is 1.47. The average Bonchev–Trinajstić information content (AvgIpc) is 2.23. The summed E-state index contributed by atoms with van der Waals surface area (Å²) in [5, 5.41) is 8.93. The lowest BCUT2D eigenvalue weighted by atomic mass is 10.1. The Labute approximate surface area is 98.7 Å². The van der Waals surface area contributed by atoms with Crippen molar-refractivity contribution in [3.63, 3.8) is 0 Å². The Kier molecular flexibility index (Phi) is 3.83. The molecule has 1 aromatic rings. The molecule has 5 heteroatoms. The van der Waals surface area contributed by atoms with Gasteiger partial charge >= 0.3 is 5.97 Å². The Hall–Kier alpha value is -1.91. The first kappa shape index (κ1) is 13.2. The van der Waals surface area contributed by atoms with E-state index in [2.05, 4.69) is 0 Å². The third kappa shape index (κ3) is 2.43. The van der Waals surface area contributed by atoms with Crippen molar-refractivity contribution in [3.05, 3.63) is 33.2 Å². The molecule has 0 bridgehead atoms. The summed E-state index contributed by atoms with van der Waals surface area (Å²) >= 11 is 0. The monoisotopic (exact) mass is 237 g/mol. The zero-order valence-electron chi connectivity index (χ0n) is 10.1.